The zero-order valence-corrected chi connectivity index (χ0v) is 6.86. The van der Waals surface area contributed by atoms with Gasteiger partial charge in [0.1, 0.15) is 0 Å². The van der Waals surface area contributed by atoms with Gasteiger partial charge in [0.25, 0.3) is 0 Å². The summed E-state index contributed by atoms with van der Waals surface area (Å²) in [5.41, 5.74) is 4.57. The highest BCUT2D eigenvalue weighted by molar-refractivity contribution is 5.82. The number of hydrogen-bond acceptors (Lipinski definition) is 5. The molecule has 0 saturated heterocycles. The van der Waals surface area contributed by atoms with E-state index < -0.39 is 17.9 Å². The zero-order valence-electron chi connectivity index (χ0n) is 6.86. The Morgan fingerprint density at radius 2 is 1.50 bits per heavy atom. The zero-order chi connectivity index (χ0) is 10.1. The van der Waals surface area contributed by atoms with Crippen LogP contribution in [0, 0.1) is 0 Å². The molecule has 0 aromatic carbocycles. The fourth-order valence-corrected chi connectivity index (χ4v) is 0.202. The molecule has 0 aromatic rings. The van der Waals surface area contributed by atoms with Crippen molar-refractivity contribution in [1.29, 1.82) is 0 Å². The second-order valence-corrected chi connectivity index (χ2v) is 1.68. The maximum atomic E-state index is 9.81. The Balaban J connectivity index is 0. The second-order valence-electron chi connectivity index (χ2n) is 1.68. The monoisotopic (exact) mass is 177 g/mol. The van der Waals surface area contributed by atoms with E-state index in [4.69, 9.17) is 5.11 Å². The number of carbonyl (C=O) groups excluding carboxylic acids is 2. The van der Waals surface area contributed by atoms with Gasteiger partial charge in [-0.15, -0.1) is 0 Å². The van der Waals surface area contributed by atoms with Crippen LogP contribution in [0.4, 0.5) is 0 Å². The van der Waals surface area contributed by atoms with Gasteiger partial charge in [-0.1, -0.05) is 0 Å². The SMILES string of the molecule is CC(=O)OC(C)=O.NCC(=O)O. The summed E-state index contributed by atoms with van der Waals surface area (Å²) >= 11 is 0. The Labute approximate surface area is 69.3 Å². The molecular formula is C6H11NO5. The van der Waals surface area contributed by atoms with Crippen LogP contribution in [0.25, 0.3) is 0 Å². The van der Waals surface area contributed by atoms with Crippen LogP contribution in [0.2, 0.25) is 0 Å². The maximum Gasteiger partial charge on any atom is 0.317 e. The molecule has 0 radical (unpaired) electrons. The van der Waals surface area contributed by atoms with Gasteiger partial charge in [0.15, 0.2) is 0 Å². The number of nitrogens with two attached hydrogens (primary N) is 1. The smallest absolute Gasteiger partial charge is 0.317 e. The van der Waals surface area contributed by atoms with Crippen LogP contribution >= 0.6 is 0 Å². The Kier molecular flexibility index (Phi) is 8.43. The van der Waals surface area contributed by atoms with Crippen molar-refractivity contribution in [3.63, 3.8) is 0 Å². The number of carboxylic acid groups (broad SMARTS) is 1. The van der Waals surface area contributed by atoms with E-state index in [9.17, 15) is 14.4 Å². The number of rotatable bonds is 1. The maximum absolute atomic E-state index is 9.81. The van der Waals surface area contributed by atoms with Crippen molar-refractivity contribution in [3.05, 3.63) is 0 Å². The summed E-state index contributed by atoms with van der Waals surface area (Å²) < 4.78 is 3.97. The lowest BCUT2D eigenvalue weighted by molar-refractivity contribution is -0.156. The van der Waals surface area contributed by atoms with E-state index in [0.717, 1.165) is 0 Å². The number of aliphatic carboxylic acids is 1. The minimum Gasteiger partial charge on any atom is -0.480 e. The van der Waals surface area contributed by atoms with Crippen molar-refractivity contribution < 1.29 is 24.2 Å². The molecule has 0 aromatic heterocycles. The number of carboxylic acids is 1. The van der Waals surface area contributed by atoms with Gasteiger partial charge in [-0.2, -0.15) is 0 Å². The van der Waals surface area contributed by atoms with Crippen LogP contribution in [0.15, 0.2) is 0 Å². The molecule has 0 amide bonds. The van der Waals surface area contributed by atoms with Gasteiger partial charge >= 0.3 is 17.9 Å². The third-order valence-electron chi connectivity index (χ3n) is 0.462. The van der Waals surface area contributed by atoms with Gasteiger partial charge in [0.05, 0.1) is 6.54 Å². The fraction of sp³-hybridized carbons (Fsp3) is 0.500. The predicted molar refractivity (Wildman–Crippen MR) is 39.1 cm³/mol. The van der Waals surface area contributed by atoms with E-state index in [0.29, 0.717) is 0 Å². The molecule has 0 fully saturated rings. The standard InChI is InChI=1S/C4H6O3.C2H5NO2/c1-3(5)7-4(2)6;3-1-2(4)5/h1-2H3;1,3H2,(H,4,5). The van der Waals surface area contributed by atoms with Crippen molar-refractivity contribution in [2.24, 2.45) is 5.73 Å². The summed E-state index contributed by atoms with van der Waals surface area (Å²) in [7, 11) is 0. The van der Waals surface area contributed by atoms with Gasteiger partial charge in [0.2, 0.25) is 0 Å². The second kappa shape index (κ2) is 7.67. The first-order chi connectivity index (χ1) is 5.40. The van der Waals surface area contributed by atoms with Gasteiger partial charge < -0.3 is 15.6 Å². The molecule has 12 heavy (non-hydrogen) atoms. The topological polar surface area (TPSA) is 107 Å². The average molecular weight is 177 g/mol. The van der Waals surface area contributed by atoms with Crippen LogP contribution in [-0.2, 0) is 19.1 Å². The molecule has 3 N–H and O–H groups in total. The summed E-state index contributed by atoms with van der Waals surface area (Å²) in [4.78, 5) is 28.9. The molecule has 0 unspecified atom stereocenters. The first-order valence-corrected chi connectivity index (χ1v) is 3.01. The van der Waals surface area contributed by atoms with Crippen molar-refractivity contribution in [2.45, 2.75) is 13.8 Å². The van der Waals surface area contributed by atoms with Crippen LogP contribution in [-0.4, -0.2) is 29.6 Å². The summed E-state index contributed by atoms with van der Waals surface area (Å²) in [5, 5.41) is 7.60. The molecule has 0 aliphatic carbocycles. The van der Waals surface area contributed by atoms with Crippen molar-refractivity contribution in [2.75, 3.05) is 6.54 Å². The quantitative estimate of drug-likeness (QED) is 0.398. The summed E-state index contributed by atoms with van der Waals surface area (Å²) in [6.07, 6.45) is 0. The fourth-order valence-electron chi connectivity index (χ4n) is 0.202. The van der Waals surface area contributed by atoms with E-state index in [-0.39, 0.29) is 6.54 Å². The minimum absolute atomic E-state index is 0.278. The molecule has 0 aliphatic rings. The Morgan fingerprint density at radius 1 is 1.25 bits per heavy atom. The molecule has 6 nitrogen and oxygen atoms in total. The Morgan fingerprint density at radius 3 is 1.50 bits per heavy atom. The lowest BCUT2D eigenvalue weighted by atomic mass is 10.7. The minimum atomic E-state index is -0.968. The highest BCUT2D eigenvalue weighted by atomic mass is 16.6. The number of carbonyl (C=O) groups is 3. The molecular weight excluding hydrogens is 166 g/mol. The number of hydrogen-bond donors (Lipinski definition) is 2. The normalized spacial score (nSPS) is 7.58. The molecule has 0 spiro atoms. The van der Waals surface area contributed by atoms with Gasteiger partial charge in [0, 0.05) is 13.8 Å². The van der Waals surface area contributed by atoms with E-state index in [2.05, 4.69) is 10.5 Å². The number of esters is 2. The van der Waals surface area contributed by atoms with E-state index >= 15 is 0 Å². The highest BCUT2D eigenvalue weighted by Gasteiger charge is 1.93. The Hall–Kier alpha value is -1.43. The van der Waals surface area contributed by atoms with E-state index in [1.807, 2.05) is 0 Å². The predicted octanol–water partition coefficient (Wildman–Crippen LogP) is -0.874. The van der Waals surface area contributed by atoms with Crippen LogP contribution in [0.1, 0.15) is 13.8 Å². The molecule has 0 saturated carbocycles. The van der Waals surface area contributed by atoms with E-state index in [1.54, 1.807) is 0 Å². The van der Waals surface area contributed by atoms with Crippen LogP contribution < -0.4 is 5.73 Å². The molecule has 0 atom stereocenters. The summed E-state index contributed by atoms with van der Waals surface area (Å²) in [5.74, 6) is -2.09. The summed E-state index contributed by atoms with van der Waals surface area (Å²) in [6, 6.07) is 0. The van der Waals surface area contributed by atoms with Crippen LogP contribution in [0.5, 0.6) is 0 Å². The molecule has 0 rings (SSSR count). The average Bonchev–Trinajstić information content (AvgIpc) is 1.85. The van der Waals surface area contributed by atoms with E-state index in [1.165, 1.54) is 13.8 Å². The first-order valence-electron chi connectivity index (χ1n) is 3.01. The van der Waals surface area contributed by atoms with Crippen molar-refractivity contribution >= 4 is 17.9 Å². The van der Waals surface area contributed by atoms with Crippen molar-refractivity contribution in [1.82, 2.24) is 0 Å². The molecule has 70 valence electrons. The lowest BCUT2D eigenvalue weighted by Crippen LogP contribution is -2.10. The molecule has 0 aliphatic heterocycles. The first kappa shape index (κ1) is 13.2. The van der Waals surface area contributed by atoms with Gasteiger partial charge in [-0.3, -0.25) is 14.4 Å². The highest BCUT2D eigenvalue weighted by Crippen LogP contribution is 1.73. The van der Waals surface area contributed by atoms with Crippen LogP contribution in [0.3, 0.4) is 0 Å². The number of ether oxygens (including phenoxy) is 1. The lowest BCUT2D eigenvalue weighted by Gasteiger charge is -1.87. The molecule has 0 heterocycles. The third-order valence-corrected chi connectivity index (χ3v) is 0.462. The third kappa shape index (κ3) is 23.5. The molecule has 6 heteroatoms. The van der Waals surface area contributed by atoms with Crippen molar-refractivity contribution in [3.8, 4) is 0 Å². The molecule has 0 bridgehead atoms. The Bertz CT molecular complexity index is 165. The van der Waals surface area contributed by atoms with Gasteiger partial charge in [-0.25, -0.2) is 0 Å². The van der Waals surface area contributed by atoms with Gasteiger partial charge in [-0.05, 0) is 0 Å². The summed E-state index contributed by atoms with van der Waals surface area (Å²) in [6.45, 7) is 2.09. The largest absolute Gasteiger partial charge is 0.480 e.